The molecule has 0 spiro atoms. The molecule has 0 fully saturated rings. The molecule has 1 rings (SSSR count). The van der Waals surface area contributed by atoms with Crippen molar-refractivity contribution in [3.05, 3.63) is 24.2 Å². The summed E-state index contributed by atoms with van der Waals surface area (Å²) in [5, 5.41) is 0. The second kappa shape index (κ2) is 6.24. The number of furan rings is 1. The zero-order valence-electron chi connectivity index (χ0n) is 9.11. The lowest BCUT2D eigenvalue weighted by atomic mass is 10.2. The zero-order chi connectivity index (χ0) is 11.1. The van der Waals surface area contributed by atoms with Crippen molar-refractivity contribution < 1.29 is 9.21 Å². The van der Waals surface area contributed by atoms with Gasteiger partial charge >= 0.3 is 0 Å². The van der Waals surface area contributed by atoms with Crippen LogP contribution in [0.25, 0.3) is 0 Å². The van der Waals surface area contributed by atoms with Gasteiger partial charge in [0.15, 0.2) is 0 Å². The summed E-state index contributed by atoms with van der Waals surface area (Å²) < 4.78 is 4.89. The van der Waals surface area contributed by atoms with Crippen LogP contribution in [-0.2, 0) is 0 Å². The Morgan fingerprint density at radius 3 is 2.87 bits per heavy atom. The van der Waals surface area contributed by atoms with Crippen LogP contribution in [0, 0.1) is 0 Å². The Bertz CT molecular complexity index is 283. The first-order valence-electron chi connectivity index (χ1n) is 5.31. The number of nitrogens with zero attached hydrogens (tertiary/aromatic N) is 1. The van der Waals surface area contributed by atoms with E-state index >= 15 is 0 Å². The molecule has 1 amide bonds. The molecule has 0 unspecified atom stereocenters. The summed E-state index contributed by atoms with van der Waals surface area (Å²) in [7, 11) is 0. The molecule has 1 aromatic heterocycles. The van der Waals surface area contributed by atoms with Crippen molar-refractivity contribution >= 4 is 5.91 Å². The number of hydrogen-bond donors (Lipinski definition) is 1. The fourth-order valence-electron chi connectivity index (χ4n) is 1.39. The normalized spacial score (nSPS) is 10.3. The molecule has 15 heavy (non-hydrogen) atoms. The number of carbonyl (C=O) groups excluding carboxylic acids is 1. The van der Waals surface area contributed by atoms with Gasteiger partial charge in [-0.3, -0.25) is 4.79 Å². The van der Waals surface area contributed by atoms with Gasteiger partial charge in [0, 0.05) is 19.6 Å². The van der Waals surface area contributed by atoms with Gasteiger partial charge in [0.05, 0.1) is 11.8 Å². The highest BCUT2D eigenvalue weighted by Crippen LogP contribution is 2.06. The molecular weight excluding hydrogens is 192 g/mol. The predicted octanol–water partition coefficient (Wildman–Crippen LogP) is 1.48. The monoisotopic (exact) mass is 210 g/mol. The third kappa shape index (κ3) is 3.40. The molecule has 1 aromatic rings. The van der Waals surface area contributed by atoms with Crippen molar-refractivity contribution in [2.75, 3.05) is 19.6 Å². The highest BCUT2D eigenvalue weighted by atomic mass is 16.3. The molecule has 1 heterocycles. The van der Waals surface area contributed by atoms with Crippen molar-refractivity contribution in [3.63, 3.8) is 0 Å². The topological polar surface area (TPSA) is 59.5 Å². The van der Waals surface area contributed by atoms with Crippen molar-refractivity contribution in [1.82, 2.24) is 4.90 Å². The van der Waals surface area contributed by atoms with E-state index in [1.165, 1.54) is 12.5 Å². The van der Waals surface area contributed by atoms with Crippen LogP contribution in [0.1, 0.15) is 30.1 Å². The van der Waals surface area contributed by atoms with Gasteiger partial charge in [-0.25, -0.2) is 0 Å². The number of amides is 1. The van der Waals surface area contributed by atoms with Crippen LogP contribution in [-0.4, -0.2) is 30.4 Å². The summed E-state index contributed by atoms with van der Waals surface area (Å²) in [4.78, 5) is 13.7. The molecule has 0 atom stereocenters. The summed E-state index contributed by atoms with van der Waals surface area (Å²) >= 11 is 0. The fourth-order valence-corrected chi connectivity index (χ4v) is 1.39. The number of carbonyl (C=O) groups is 1. The molecule has 0 aliphatic rings. The van der Waals surface area contributed by atoms with Gasteiger partial charge in [-0.15, -0.1) is 0 Å². The standard InChI is InChI=1S/C11H18N2O2/c1-2-3-6-13(7-5-12)11(14)10-4-8-15-9-10/h4,8-9H,2-3,5-7,12H2,1H3. The Morgan fingerprint density at radius 1 is 1.53 bits per heavy atom. The Balaban J connectivity index is 2.58. The highest BCUT2D eigenvalue weighted by molar-refractivity contribution is 5.93. The van der Waals surface area contributed by atoms with Gasteiger partial charge < -0.3 is 15.1 Å². The third-order valence-electron chi connectivity index (χ3n) is 2.24. The van der Waals surface area contributed by atoms with E-state index < -0.39 is 0 Å². The summed E-state index contributed by atoms with van der Waals surface area (Å²) in [5.74, 6) is 0.00245. The average molecular weight is 210 g/mol. The summed E-state index contributed by atoms with van der Waals surface area (Å²) in [6.45, 7) is 3.96. The van der Waals surface area contributed by atoms with Gasteiger partial charge in [0.2, 0.25) is 0 Å². The molecule has 0 aliphatic heterocycles. The molecule has 2 N–H and O–H groups in total. The highest BCUT2D eigenvalue weighted by Gasteiger charge is 2.14. The first kappa shape index (κ1) is 11.8. The Morgan fingerprint density at radius 2 is 2.33 bits per heavy atom. The molecule has 0 radical (unpaired) electrons. The third-order valence-corrected chi connectivity index (χ3v) is 2.24. The van der Waals surface area contributed by atoms with Crippen molar-refractivity contribution in [1.29, 1.82) is 0 Å². The quantitative estimate of drug-likeness (QED) is 0.773. The van der Waals surface area contributed by atoms with Gasteiger partial charge in [0.25, 0.3) is 5.91 Å². The van der Waals surface area contributed by atoms with Gasteiger partial charge in [0.1, 0.15) is 6.26 Å². The average Bonchev–Trinajstić information content (AvgIpc) is 2.76. The maximum absolute atomic E-state index is 11.9. The van der Waals surface area contributed by atoms with Crippen LogP contribution < -0.4 is 5.73 Å². The molecule has 0 aromatic carbocycles. The van der Waals surface area contributed by atoms with Gasteiger partial charge in [-0.1, -0.05) is 13.3 Å². The molecule has 0 aliphatic carbocycles. The minimum absolute atomic E-state index is 0.00245. The maximum Gasteiger partial charge on any atom is 0.257 e. The SMILES string of the molecule is CCCCN(CCN)C(=O)c1ccoc1. The number of hydrogen-bond acceptors (Lipinski definition) is 3. The summed E-state index contributed by atoms with van der Waals surface area (Å²) in [6.07, 6.45) is 5.05. The maximum atomic E-state index is 11.9. The van der Waals surface area contributed by atoms with Crippen LogP contribution in [0.15, 0.2) is 23.0 Å². The van der Waals surface area contributed by atoms with E-state index in [0.717, 1.165) is 19.4 Å². The van der Waals surface area contributed by atoms with Crippen molar-refractivity contribution in [3.8, 4) is 0 Å². The second-order valence-electron chi connectivity index (χ2n) is 3.45. The Kier molecular flexibility index (Phi) is 4.90. The van der Waals surface area contributed by atoms with E-state index in [-0.39, 0.29) is 5.91 Å². The van der Waals surface area contributed by atoms with E-state index in [1.54, 1.807) is 11.0 Å². The van der Waals surface area contributed by atoms with Gasteiger partial charge in [-0.2, -0.15) is 0 Å². The minimum Gasteiger partial charge on any atom is -0.472 e. The zero-order valence-corrected chi connectivity index (χ0v) is 9.11. The van der Waals surface area contributed by atoms with Crippen LogP contribution in [0.2, 0.25) is 0 Å². The van der Waals surface area contributed by atoms with E-state index in [2.05, 4.69) is 6.92 Å². The predicted molar refractivity (Wildman–Crippen MR) is 58.6 cm³/mol. The largest absolute Gasteiger partial charge is 0.472 e. The lowest BCUT2D eigenvalue weighted by Gasteiger charge is -2.20. The first-order chi connectivity index (χ1) is 7.29. The van der Waals surface area contributed by atoms with Crippen LogP contribution in [0.4, 0.5) is 0 Å². The molecule has 0 saturated heterocycles. The Labute approximate surface area is 90.0 Å². The lowest BCUT2D eigenvalue weighted by Crippen LogP contribution is -2.35. The van der Waals surface area contributed by atoms with Gasteiger partial charge in [-0.05, 0) is 12.5 Å². The van der Waals surface area contributed by atoms with E-state index in [9.17, 15) is 4.79 Å². The van der Waals surface area contributed by atoms with Crippen molar-refractivity contribution in [2.45, 2.75) is 19.8 Å². The Hall–Kier alpha value is -1.29. The molecule has 0 bridgehead atoms. The minimum atomic E-state index is 0.00245. The molecule has 4 heteroatoms. The van der Waals surface area contributed by atoms with E-state index in [1.807, 2.05) is 0 Å². The van der Waals surface area contributed by atoms with E-state index in [0.29, 0.717) is 18.7 Å². The molecule has 84 valence electrons. The van der Waals surface area contributed by atoms with Crippen LogP contribution >= 0.6 is 0 Å². The molecule has 0 saturated carbocycles. The number of nitrogens with two attached hydrogens (primary N) is 1. The smallest absolute Gasteiger partial charge is 0.257 e. The molecule has 4 nitrogen and oxygen atoms in total. The van der Waals surface area contributed by atoms with Crippen LogP contribution in [0.3, 0.4) is 0 Å². The first-order valence-corrected chi connectivity index (χ1v) is 5.31. The number of unbranched alkanes of at least 4 members (excludes halogenated alkanes) is 1. The van der Waals surface area contributed by atoms with Crippen molar-refractivity contribution in [2.24, 2.45) is 5.73 Å². The summed E-state index contributed by atoms with van der Waals surface area (Å²) in [6, 6.07) is 1.68. The second-order valence-corrected chi connectivity index (χ2v) is 3.45. The number of rotatable bonds is 6. The lowest BCUT2D eigenvalue weighted by molar-refractivity contribution is 0.0757. The fraction of sp³-hybridized carbons (Fsp3) is 0.545. The van der Waals surface area contributed by atoms with Crippen LogP contribution in [0.5, 0.6) is 0 Å². The summed E-state index contributed by atoms with van der Waals surface area (Å²) in [5.41, 5.74) is 6.07. The van der Waals surface area contributed by atoms with E-state index in [4.69, 9.17) is 10.2 Å². The molecular formula is C11H18N2O2.